The molecule has 4 rings (SSSR count). The molecule has 0 saturated carbocycles. The Hall–Kier alpha value is -3.00. The molecular formula is C20H20N4O3S. The maximum Gasteiger partial charge on any atom is 0.307 e. The lowest BCUT2D eigenvalue weighted by Gasteiger charge is -2.10. The largest absolute Gasteiger partial charge is 0.496 e. The SMILES string of the molecule is COc1ccc(/C(C)=N\Nc2ncnc3sc4c(c23)CCC4)cc1CC(=O)O. The fourth-order valence-corrected chi connectivity index (χ4v) is 4.75. The number of thiophene rings is 1. The van der Waals surface area contributed by atoms with Crippen LogP contribution in [0.25, 0.3) is 10.2 Å². The van der Waals surface area contributed by atoms with E-state index in [2.05, 4.69) is 20.5 Å². The number of hydrogen-bond donors (Lipinski definition) is 2. The summed E-state index contributed by atoms with van der Waals surface area (Å²) in [6, 6.07) is 5.43. The Morgan fingerprint density at radius 1 is 1.36 bits per heavy atom. The number of carbonyl (C=O) groups is 1. The first-order valence-electron chi connectivity index (χ1n) is 9.01. The summed E-state index contributed by atoms with van der Waals surface area (Å²) >= 11 is 1.73. The highest BCUT2D eigenvalue weighted by Gasteiger charge is 2.21. The van der Waals surface area contributed by atoms with Gasteiger partial charge in [-0.2, -0.15) is 5.10 Å². The molecule has 0 aliphatic heterocycles. The van der Waals surface area contributed by atoms with Gasteiger partial charge >= 0.3 is 5.97 Å². The minimum atomic E-state index is -0.905. The molecule has 8 heteroatoms. The lowest BCUT2D eigenvalue weighted by Crippen LogP contribution is -2.06. The Morgan fingerprint density at radius 2 is 2.21 bits per heavy atom. The molecule has 3 aromatic rings. The van der Waals surface area contributed by atoms with Crippen LogP contribution < -0.4 is 10.2 Å². The molecule has 0 fully saturated rings. The average Bonchev–Trinajstić information content (AvgIpc) is 3.26. The molecule has 0 spiro atoms. The second kappa shape index (κ2) is 7.55. The summed E-state index contributed by atoms with van der Waals surface area (Å²) < 4.78 is 5.26. The van der Waals surface area contributed by atoms with Gasteiger partial charge in [-0.25, -0.2) is 9.97 Å². The van der Waals surface area contributed by atoms with Gasteiger partial charge in [-0.3, -0.25) is 10.2 Å². The van der Waals surface area contributed by atoms with E-state index in [1.54, 1.807) is 29.8 Å². The molecule has 0 bridgehead atoms. The first kappa shape index (κ1) is 18.4. The summed E-state index contributed by atoms with van der Waals surface area (Å²) in [6.07, 6.45) is 4.78. The molecule has 2 heterocycles. The summed E-state index contributed by atoms with van der Waals surface area (Å²) in [5, 5.41) is 14.7. The number of aliphatic carboxylic acids is 1. The van der Waals surface area contributed by atoms with Crippen molar-refractivity contribution in [3.05, 3.63) is 46.1 Å². The molecule has 2 N–H and O–H groups in total. The van der Waals surface area contributed by atoms with Crippen LogP contribution in [0.5, 0.6) is 5.75 Å². The predicted octanol–water partition coefficient (Wildman–Crippen LogP) is 3.65. The summed E-state index contributed by atoms with van der Waals surface area (Å²) in [4.78, 5) is 22.3. The zero-order chi connectivity index (χ0) is 19.7. The van der Waals surface area contributed by atoms with Crippen LogP contribution in [0.15, 0.2) is 29.6 Å². The molecule has 7 nitrogen and oxygen atoms in total. The number of carboxylic acid groups (broad SMARTS) is 1. The van der Waals surface area contributed by atoms with Crippen molar-refractivity contribution >= 4 is 39.1 Å². The smallest absolute Gasteiger partial charge is 0.307 e. The van der Waals surface area contributed by atoms with Crippen molar-refractivity contribution in [3.8, 4) is 5.75 Å². The maximum atomic E-state index is 11.1. The van der Waals surface area contributed by atoms with Crippen molar-refractivity contribution in [1.29, 1.82) is 0 Å². The van der Waals surface area contributed by atoms with Crippen LogP contribution in [0, 0.1) is 0 Å². The molecule has 1 aliphatic carbocycles. The molecule has 0 atom stereocenters. The van der Waals surface area contributed by atoms with Crippen molar-refractivity contribution in [3.63, 3.8) is 0 Å². The van der Waals surface area contributed by atoms with Gasteiger partial charge in [0.25, 0.3) is 0 Å². The number of methoxy groups -OCH3 is 1. The Labute approximate surface area is 166 Å². The zero-order valence-electron chi connectivity index (χ0n) is 15.7. The summed E-state index contributed by atoms with van der Waals surface area (Å²) in [5.74, 6) is 0.360. The van der Waals surface area contributed by atoms with Crippen LogP contribution in [0.2, 0.25) is 0 Å². The van der Waals surface area contributed by atoms with Gasteiger partial charge in [0.15, 0.2) is 5.82 Å². The van der Waals surface area contributed by atoms with Crippen molar-refractivity contribution in [2.45, 2.75) is 32.6 Å². The molecule has 0 saturated heterocycles. The Balaban J connectivity index is 1.64. The van der Waals surface area contributed by atoms with Gasteiger partial charge in [0.1, 0.15) is 16.9 Å². The van der Waals surface area contributed by atoms with Crippen molar-refractivity contribution in [1.82, 2.24) is 9.97 Å². The number of rotatable bonds is 6. The predicted molar refractivity (Wildman–Crippen MR) is 110 cm³/mol. The number of fused-ring (bicyclic) bond motifs is 3. The molecule has 2 aromatic heterocycles. The normalized spacial score (nSPS) is 13.6. The molecule has 1 aromatic carbocycles. The molecular weight excluding hydrogens is 376 g/mol. The standard InChI is InChI=1S/C20H20N4O3S/c1-11(12-6-7-15(27-2)13(8-12)9-17(25)26)23-24-19-18-14-4-3-5-16(14)28-20(18)22-10-21-19/h6-8,10H,3-5,9H2,1-2H3,(H,25,26)(H,21,22,24)/b23-11-. The second-order valence-corrected chi connectivity index (χ2v) is 7.75. The van der Waals surface area contributed by atoms with Gasteiger partial charge in [-0.1, -0.05) is 0 Å². The first-order valence-corrected chi connectivity index (χ1v) is 9.83. The lowest BCUT2D eigenvalue weighted by molar-refractivity contribution is -0.136. The van der Waals surface area contributed by atoms with E-state index in [1.807, 2.05) is 13.0 Å². The molecule has 28 heavy (non-hydrogen) atoms. The quantitative estimate of drug-likeness (QED) is 0.488. The van der Waals surface area contributed by atoms with Crippen molar-refractivity contribution < 1.29 is 14.6 Å². The van der Waals surface area contributed by atoms with Crippen LogP contribution in [0.1, 0.15) is 34.9 Å². The fourth-order valence-electron chi connectivity index (χ4n) is 3.52. The second-order valence-electron chi connectivity index (χ2n) is 6.67. The van der Waals surface area contributed by atoms with Crippen molar-refractivity contribution in [2.24, 2.45) is 5.10 Å². The lowest BCUT2D eigenvalue weighted by atomic mass is 10.0. The van der Waals surface area contributed by atoms with Gasteiger partial charge < -0.3 is 9.84 Å². The Bertz CT molecular complexity index is 1090. The number of aromatic nitrogens is 2. The van der Waals surface area contributed by atoms with Gasteiger partial charge in [0, 0.05) is 10.4 Å². The van der Waals surface area contributed by atoms with Crippen LogP contribution in [-0.2, 0) is 24.1 Å². The van der Waals surface area contributed by atoms with Gasteiger partial charge in [-0.15, -0.1) is 11.3 Å². The highest BCUT2D eigenvalue weighted by molar-refractivity contribution is 7.19. The first-order chi connectivity index (χ1) is 13.6. The monoisotopic (exact) mass is 396 g/mol. The fraction of sp³-hybridized carbons (Fsp3) is 0.300. The molecule has 1 aliphatic rings. The minimum absolute atomic E-state index is 0.106. The minimum Gasteiger partial charge on any atom is -0.496 e. The third-order valence-corrected chi connectivity index (χ3v) is 6.07. The number of carboxylic acids is 1. The van der Waals surface area contributed by atoms with E-state index in [-0.39, 0.29) is 6.42 Å². The Kier molecular flexibility index (Phi) is 4.95. The number of benzene rings is 1. The molecule has 0 unspecified atom stereocenters. The molecule has 144 valence electrons. The average molecular weight is 396 g/mol. The van der Waals surface area contributed by atoms with Crippen LogP contribution in [0.3, 0.4) is 0 Å². The van der Waals surface area contributed by atoms with E-state index in [0.717, 1.165) is 34.3 Å². The van der Waals surface area contributed by atoms with E-state index >= 15 is 0 Å². The molecule has 0 amide bonds. The topological polar surface area (TPSA) is 96.7 Å². The highest BCUT2D eigenvalue weighted by Crippen LogP contribution is 2.39. The number of hydrazone groups is 1. The maximum absolute atomic E-state index is 11.1. The number of anilines is 1. The number of nitrogens with zero attached hydrogens (tertiary/aromatic N) is 3. The Morgan fingerprint density at radius 3 is 3.00 bits per heavy atom. The van der Waals surface area contributed by atoms with Gasteiger partial charge in [0.2, 0.25) is 0 Å². The van der Waals surface area contributed by atoms with E-state index in [9.17, 15) is 4.79 Å². The van der Waals surface area contributed by atoms with Gasteiger partial charge in [0.05, 0.1) is 24.6 Å². The number of ether oxygens (including phenoxy) is 1. The van der Waals surface area contributed by atoms with E-state index in [0.29, 0.717) is 17.1 Å². The van der Waals surface area contributed by atoms with Crippen LogP contribution in [0.4, 0.5) is 5.82 Å². The summed E-state index contributed by atoms with van der Waals surface area (Å²) in [5.41, 5.74) is 6.59. The third-order valence-electron chi connectivity index (χ3n) is 4.87. The molecule has 0 radical (unpaired) electrons. The van der Waals surface area contributed by atoms with Crippen LogP contribution >= 0.6 is 11.3 Å². The van der Waals surface area contributed by atoms with Gasteiger partial charge in [-0.05, 0) is 55.5 Å². The third kappa shape index (κ3) is 3.43. The summed E-state index contributed by atoms with van der Waals surface area (Å²) in [6.45, 7) is 1.87. The highest BCUT2D eigenvalue weighted by atomic mass is 32.1. The zero-order valence-corrected chi connectivity index (χ0v) is 16.5. The number of aryl methyl sites for hydroxylation is 2. The van der Waals surface area contributed by atoms with E-state index in [1.165, 1.54) is 24.0 Å². The number of hydrogen-bond acceptors (Lipinski definition) is 7. The number of nitrogens with one attached hydrogen (secondary N) is 1. The van der Waals surface area contributed by atoms with E-state index in [4.69, 9.17) is 9.84 Å². The van der Waals surface area contributed by atoms with E-state index < -0.39 is 5.97 Å². The van der Waals surface area contributed by atoms with Crippen LogP contribution in [-0.4, -0.2) is 33.9 Å². The summed E-state index contributed by atoms with van der Waals surface area (Å²) in [7, 11) is 1.53. The van der Waals surface area contributed by atoms with Crippen molar-refractivity contribution in [2.75, 3.05) is 12.5 Å².